The zero-order valence-electron chi connectivity index (χ0n) is 66.4. The van der Waals surface area contributed by atoms with Crippen LogP contribution in [0.5, 0.6) is 0 Å². The number of carbonyl (C=O) groups excluding carboxylic acids is 2. The number of nitrogens with zero attached hydrogens (tertiary/aromatic N) is 2. The van der Waals surface area contributed by atoms with Crippen molar-refractivity contribution in [2.24, 2.45) is 11.8 Å². The van der Waals surface area contributed by atoms with Gasteiger partial charge in [-0.3, -0.25) is 9.59 Å². The van der Waals surface area contributed by atoms with Crippen LogP contribution in [0.3, 0.4) is 0 Å². The van der Waals surface area contributed by atoms with E-state index >= 15 is 9.59 Å². The third-order valence-corrected chi connectivity index (χ3v) is 27.6. The SMILES string of the molecule is CC1(C)OB(c2ccccc2)OC1(C)C.CCCCCCCCCCCCC(CCCCCCCCCC)CN1C(=O)C2=C(c3ccc(-c4ccc(-c5ccccc5)s4)s3)N(CC(CCCCCCCCCC)CCCCCCCCCCCC)C(=O)C2=C1c1ccc(-c2ccc(-c3ccccc3)s2)s1. The third-order valence-electron chi connectivity index (χ3n) is 22.7. The Labute approximate surface area is 654 Å². The lowest BCUT2D eigenvalue weighted by molar-refractivity contribution is -0.124. The average Bonchev–Trinajstić information content (AvgIpc) is 1.55. The maximum absolute atomic E-state index is 16.4. The fourth-order valence-electron chi connectivity index (χ4n) is 15.6. The van der Waals surface area contributed by atoms with Crippen molar-refractivity contribution in [1.82, 2.24) is 9.80 Å². The Morgan fingerprint density at radius 2 is 0.543 bits per heavy atom. The average molecular weight is 1490 g/mol. The molecule has 1 fully saturated rings. The lowest BCUT2D eigenvalue weighted by Crippen LogP contribution is -2.41. The lowest BCUT2D eigenvalue weighted by atomic mass is 9.79. The Hall–Kier alpha value is -5.14. The molecule has 3 aliphatic heterocycles. The number of fused-ring (bicyclic) bond motifs is 1. The molecule has 0 spiro atoms. The molecule has 7 heterocycles. The Balaban J connectivity index is 0.000000751. The van der Waals surface area contributed by atoms with Gasteiger partial charge in [-0.15, -0.1) is 45.3 Å². The summed E-state index contributed by atoms with van der Waals surface area (Å²) in [4.78, 5) is 46.4. The predicted molar refractivity (Wildman–Crippen MR) is 460 cm³/mol. The molecule has 6 nitrogen and oxygen atoms in total. The van der Waals surface area contributed by atoms with E-state index in [0.717, 1.165) is 52.3 Å². The number of rotatable bonds is 51. The van der Waals surface area contributed by atoms with Crippen LogP contribution in [-0.2, 0) is 18.9 Å². The minimum atomic E-state index is -0.256. The van der Waals surface area contributed by atoms with Crippen LogP contribution >= 0.6 is 45.3 Å². The van der Waals surface area contributed by atoms with Gasteiger partial charge in [0.15, 0.2) is 0 Å². The minimum absolute atomic E-state index is 0.0408. The number of benzene rings is 3. The molecule has 3 aromatic carbocycles. The van der Waals surface area contributed by atoms with Gasteiger partial charge in [-0.1, -0.05) is 350 Å². The lowest BCUT2D eigenvalue weighted by Gasteiger charge is -2.32. The highest BCUT2D eigenvalue weighted by Gasteiger charge is 2.52. The Morgan fingerprint density at radius 3 is 0.829 bits per heavy atom. The highest BCUT2D eigenvalue weighted by molar-refractivity contribution is 7.25. The van der Waals surface area contributed by atoms with Gasteiger partial charge in [0.05, 0.1) is 43.5 Å². The Bertz CT molecular complexity index is 3430. The van der Waals surface area contributed by atoms with Crippen molar-refractivity contribution < 1.29 is 18.9 Å². The van der Waals surface area contributed by atoms with Crippen molar-refractivity contribution in [1.29, 1.82) is 0 Å². The normalized spacial score (nSPS) is 15.4. The predicted octanol–water partition coefficient (Wildman–Crippen LogP) is 29.3. The van der Waals surface area contributed by atoms with Crippen LogP contribution in [0.1, 0.15) is 322 Å². The molecule has 105 heavy (non-hydrogen) atoms. The summed E-state index contributed by atoms with van der Waals surface area (Å²) >= 11 is 7.21. The molecule has 11 heteroatoms. The molecule has 7 aromatic rings. The van der Waals surface area contributed by atoms with Crippen LogP contribution < -0.4 is 5.46 Å². The van der Waals surface area contributed by atoms with Crippen LogP contribution in [0.2, 0.25) is 0 Å². The van der Waals surface area contributed by atoms with E-state index in [9.17, 15) is 0 Å². The number of carbonyl (C=O) groups is 2. The van der Waals surface area contributed by atoms with Crippen LogP contribution in [0.15, 0.2) is 151 Å². The third kappa shape index (κ3) is 25.7. The van der Waals surface area contributed by atoms with E-state index in [-0.39, 0.29) is 30.1 Å². The molecule has 0 bridgehead atoms. The first-order valence-electron chi connectivity index (χ1n) is 42.4. The molecular formula is C94H133BN2O4S4. The second-order valence-corrected chi connectivity index (χ2v) is 36.2. The van der Waals surface area contributed by atoms with Gasteiger partial charge in [-0.2, -0.15) is 0 Å². The number of amides is 2. The summed E-state index contributed by atoms with van der Waals surface area (Å²) in [7, 11) is -0.240. The largest absolute Gasteiger partial charge is 0.494 e. The molecule has 1 saturated heterocycles. The fourth-order valence-corrected chi connectivity index (χ4v) is 20.0. The summed E-state index contributed by atoms with van der Waals surface area (Å²) in [6, 6.07) is 49.6. The summed E-state index contributed by atoms with van der Waals surface area (Å²) < 4.78 is 11.9. The zero-order chi connectivity index (χ0) is 73.9. The van der Waals surface area contributed by atoms with Crippen molar-refractivity contribution in [2.45, 2.75) is 323 Å². The maximum atomic E-state index is 16.4. The van der Waals surface area contributed by atoms with Gasteiger partial charge in [-0.05, 0) is 130 Å². The van der Waals surface area contributed by atoms with Gasteiger partial charge >= 0.3 is 7.12 Å². The first kappa shape index (κ1) is 83.9. The van der Waals surface area contributed by atoms with Gasteiger partial charge in [0.2, 0.25) is 0 Å². The summed E-state index contributed by atoms with van der Waals surface area (Å²) in [6.45, 7) is 18.8. The molecule has 0 radical (unpaired) electrons. The summed E-state index contributed by atoms with van der Waals surface area (Å²) in [6.07, 6.45) is 51.6. The second kappa shape index (κ2) is 45.7. The number of unbranched alkanes of at least 4 members (excludes halogenated alkanes) is 32. The first-order valence-corrected chi connectivity index (χ1v) is 45.7. The van der Waals surface area contributed by atoms with E-state index in [2.05, 4.69) is 174 Å². The van der Waals surface area contributed by atoms with E-state index in [0.29, 0.717) is 36.1 Å². The fraction of sp³-hybridized carbons (Fsp3) is 0.574. The number of thiophene rings is 4. The molecule has 2 unspecified atom stereocenters. The zero-order valence-corrected chi connectivity index (χ0v) is 69.6. The summed E-state index contributed by atoms with van der Waals surface area (Å²) in [5, 5.41) is 0. The second-order valence-electron chi connectivity index (χ2n) is 31.9. The van der Waals surface area contributed by atoms with Crippen molar-refractivity contribution in [3.8, 4) is 40.4 Å². The molecule has 0 aliphatic carbocycles. The van der Waals surface area contributed by atoms with E-state index in [1.54, 1.807) is 22.7 Å². The van der Waals surface area contributed by atoms with Crippen molar-refractivity contribution >= 4 is 81.1 Å². The Morgan fingerprint density at radius 1 is 0.305 bits per heavy atom. The molecule has 0 N–H and O–H groups in total. The molecule has 570 valence electrons. The first-order chi connectivity index (χ1) is 51.3. The van der Waals surface area contributed by atoms with Crippen molar-refractivity contribution in [2.75, 3.05) is 13.1 Å². The van der Waals surface area contributed by atoms with Crippen LogP contribution in [-0.4, -0.2) is 53.0 Å². The topological polar surface area (TPSA) is 59.1 Å². The van der Waals surface area contributed by atoms with E-state index in [1.165, 1.54) is 272 Å². The van der Waals surface area contributed by atoms with Crippen molar-refractivity contribution in [3.63, 3.8) is 0 Å². The van der Waals surface area contributed by atoms with Gasteiger partial charge in [0, 0.05) is 42.4 Å². The van der Waals surface area contributed by atoms with Crippen LogP contribution in [0, 0.1) is 11.8 Å². The maximum Gasteiger partial charge on any atom is 0.494 e. The molecule has 10 rings (SSSR count). The highest BCUT2D eigenvalue weighted by Crippen LogP contribution is 2.52. The van der Waals surface area contributed by atoms with Crippen LogP contribution in [0.25, 0.3) is 51.8 Å². The van der Waals surface area contributed by atoms with Crippen LogP contribution in [0.4, 0.5) is 0 Å². The molecular weight excluding hydrogens is 1360 g/mol. The highest BCUT2D eigenvalue weighted by atomic mass is 32.1. The van der Waals surface area contributed by atoms with E-state index in [4.69, 9.17) is 9.31 Å². The number of hydrogen-bond acceptors (Lipinski definition) is 8. The Kier molecular flexibility index (Phi) is 36.6. The summed E-state index contributed by atoms with van der Waals surface area (Å²) in [5.41, 5.74) is 6.09. The minimum Gasteiger partial charge on any atom is -0.399 e. The monoisotopic (exact) mass is 1490 g/mol. The number of hydrogen-bond donors (Lipinski definition) is 0. The molecule has 4 aromatic heterocycles. The molecule has 3 aliphatic rings. The van der Waals surface area contributed by atoms with E-state index in [1.807, 2.05) is 53.0 Å². The quantitative estimate of drug-likeness (QED) is 0.0282. The van der Waals surface area contributed by atoms with Crippen molar-refractivity contribution in [3.05, 3.63) is 160 Å². The van der Waals surface area contributed by atoms with Gasteiger partial charge in [-0.25, -0.2) is 0 Å². The molecule has 2 amide bonds. The molecule has 2 atom stereocenters. The van der Waals surface area contributed by atoms with E-state index < -0.39 is 0 Å². The van der Waals surface area contributed by atoms with Gasteiger partial charge in [0.1, 0.15) is 0 Å². The van der Waals surface area contributed by atoms with Gasteiger partial charge in [0.25, 0.3) is 11.8 Å². The summed E-state index contributed by atoms with van der Waals surface area (Å²) in [5.74, 6) is 0.806. The smallest absolute Gasteiger partial charge is 0.399 e. The standard InChI is InChI=1S/C82H116N2O2S4.C12H17BO2/c1-5-9-13-17-21-25-27-31-35-41-49-65(47-39-33-29-23-19-15-11-7-3)63-83-79(75-61-59-73(89-75)71-57-55-69(87-71)67-51-43-37-44-52-67)77-78(81(83)85)80(76-62-60-74(90-76)72-58-56-70(88-72)68-53-45-38-46-54-68)84(82(77)86)64-66(48-40-34-30-24-20-16-12-8-4)50-42-36-32-28-26-22-18-14-10-6-2;1-11(2)12(3,4)15-13(14-11)10-8-6-5-7-9-10/h37-38,43-46,51-62,65-66H,5-36,39-42,47-50,63-64H2,1-4H3;5-9H,1-4H3. The molecule has 0 saturated carbocycles. The van der Waals surface area contributed by atoms with Gasteiger partial charge < -0.3 is 19.1 Å².